The van der Waals surface area contributed by atoms with Gasteiger partial charge in [0.2, 0.25) is 0 Å². The zero-order valence-electron chi connectivity index (χ0n) is 10.6. The van der Waals surface area contributed by atoms with Crippen molar-refractivity contribution in [3.8, 4) is 0 Å². The number of rotatable bonds is 0. The molecule has 3 N–H and O–H groups in total. The van der Waals surface area contributed by atoms with Crippen LogP contribution in [0.3, 0.4) is 0 Å². The van der Waals surface area contributed by atoms with Crippen LogP contribution in [0.25, 0.3) is 0 Å². The molecule has 92 valence electrons. The highest BCUT2D eigenvalue weighted by Gasteiger charge is 2.39. The summed E-state index contributed by atoms with van der Waals surface area (Å²) in [5, 5.41) is 3.47. The Labute approximate surface area is 103 Å². The second-order valence-electron chi connectivity index (χ2n) is 5.37. The average molecular weight is 231 g/mol. The molecular formula is C14H21N3. The van der Waals surface area contributed by atoms with Crippen molar-refractivity contribution >= 4 is 5.69 Å². The highest BCUT2D eigenvalue weighted by molar-refractivity contribution is 5.63. The molecule has 0 amide bonds. The Morgan fingerprint density at radius 2 is 2.24 bits per heavy atom. The molecule has 0 aromatic heterocycles. The third kappa shape index (κ3) is 1.57. The van der Waals surface area contributed by atoms with E-state index in [0.717, 1.165) is 13.1 Å². The van der Waals surface area contributed by atoms with E-state index in [1.54, 1.807) is 0 Å². The fourth-order valence-corrected chi connectivity index (χ4v) is 3.54. The Bertz CT molecular complexity index is 429. The van der Waals surface area contributed by atoms with Gasteiger partial charge < -0.3 is 16.0 Å². The first kappa shape index (κ1) is 11.1. The average Bonchev–Trinajstić information content (AvgIpc) is 2.36. The molecule has 1 aromatic carbocycles. The standard InChI is InChI=1S/C14H21N3/c1-9-4-3-5-10-13(15)11-8-16-7-6-12(11)17(2)14(9)10/h3-5,11-13,16H,6-8,15H2,1-2H3. The quantitative estimate of drug-likeness (QED) is 0.709. The fraction of sp³-hybridized carbons (Fsp3) is 0.571. The molecule has 0 saturated carbocycles. The molecule has 3 rings (SSSR count). The number of anilines is 1. The summed E-state index contributed by atoms with van der Waals surface area (Å²) in [6.07, 6.45) is 1.20. The number of fused-ring (bicyclic) bond motifs is 2. The first-order valence-electron chi connectivity index (χ1n) is 6.49. The smallest absolute Gasteiger partial charge is 0.0444 e. The van der Waals surface area contributed by atoms with Crippen LogP contribution in [0.15, 0.2) is 18.2 Å². The molecule has 1 fully saturated rings. The number of benzene rings is 1. The van der Waals surface area contributed by atoms with Crippen molar-refractivity contribution < 1.29 is 0 Å². The van der Waals surface area contributed by atoms with Crippen molar-refractivity contribution in [1.82, 2.24) is 5.32 Å². The number of aryl methyl sites for hydroxylation is 1. The van der Waals surface area contributed by atoms with E-state index in [2.05, 4.69) is 42.4 Å². The number of nitrogens with one attached hydrogen (secondary N) is 1. The van der Waals surface area contributed by atoms with Gasteiger partial charge in [0.15, 0.2) is 0 Å². The van der Waals surface area contributed by atoms with E-state index in [-0.39, 0.29) is 6.04 Å². The molecule has 2 aliphatic heterocycles. The summed E-state index contributed by atoms with van der Waals surface area (Å²) in [5.41, 5.74) is 10.5. The lowest BCUT2D eigenvalue weighted by atomic mass is 9.78. The van der Waals surface area contributed by atoms with Crippen LogP contribution in [0, 0.1) is 12.8 Å². The summed E-state index contributed by atoms with van der Waals surface area (Å²) in [4.78, 5) is 2.46. The van der Waals surface area contributed by atoms with Gasteiger partial charge in [0.25, 0.3) is 0 Å². The molecule has 0 spiro atoms. The maximum absolute atomic E-state index is 6.47. The van der Waals surface area contributed by atoms with Crippen LogP contribution in [0.4, 0.5) is 5.69 Å². The zero-order chi connectivity index (χ0) is 12.0. The van der Waals surface area contributed by atoms with Crippen LogP contribution in [0.5, 0.6) is 0 Å². The van der Waals surface area contributed by atoms with Gasteiger partial charge in [0, 0.05) is 37.3 Å². The molecule has 3 nitrogen and oxygen atoms in total. The van der Waals surface area contributed by atoms with Gasteiger partial charge in [-0.15, -0.1) is 0 Å². The Balaban J connectivity index is 2.10. The number of nitrogens with two attached hydrogens (primary N) is 1. The number of hydrogen-bond donors (Lipinski definition) is 2. The summed E-state index contributed by atoms with van der Waals surface area (Å²) < 4.78 is 0. The maximum atomic E-state index is 6.47. The monoisotopic (exact) mass is 231 g/mol. The minimum Gasteiger partial charge on any atom is -0.371 e. The van der Waals surface area contributed by atoms with Crippen molar-refractivity contribution in [3.63, 3.8) is 0 Å². The lowest BCUT2D eigenvalue weighted by molar-refractivity contribution is 0.263. The van der Waals surface area contributed by atoms with Gasteiger partial charge in [-0.1, -0.05) is 18.2 Å². The van der Waals surface area contributed by atoms with Gasteiger partial charge in [-0.25, -0.2) is 0 Å². The van der Waals surface area contributed by atoms with Gasteiger partial charge in [-0.05, 0) is 31.0 Å². The molecule has 3 atom stereocenters. The Morgan fingerprint density at radius 1 is 1.41 bits per heavy atom. The van der Waals surface area contributed by atoms with E-state index in [4.69, 9.17) is 5.73 Å². The summed E-state index contributed by atoms with van der Waals surface area (Å²) in [6, 6.07) is 7.27. The second kappa shape index (κ2) is 4.00. The van der Waals surface area contributed by atoms with Crippen LogP contribution < -0.4 is 16.0 Å². The van der Waals surface area contributed by atoms with Crippen molar-refractivity contribution in [3.05, 3.63) is 29.3 Å². The van der Waals surface area contributed by atoms with E-state index in [9.17, 15) is 0 Å². The summed E-state index contributed by atoms with van der Waals surface area (Å²) in [5.74, 6) is 0.544. The highest BCUT2D eigenvalue weighted by Crippen LogP contribution is 2.41. The van der Waals surface area contributed by atoms with Crippen molar-refractivity contribution in [2.75, 3.05) is 25.0 Å². The normalized spacial score (nSPS) is 31.9. The third-order valence-corrected chi connectivity index (χ3v) is 4.43. The SMILES string of the molecule is Cc1cccc2c1N(C)C1CCNCC1C2N. The Morgan fingerprint density at radius 3 is 3.06 bits per heavy atom. The predicted octanol–water partition coefficient (Wildman–Crippen LogP) is 1.42. The van der Waals surface area contributed by atoms with Crippen LogP contribution in [0.1, 0.15) is 23.6 Å². The molecule has 0 bridgehead atoms. The van der Waals surface area contributed by atoms with Crippen molar-refractivity contribution in [2.45, 2.75) is 25.4 Å². The van der Waals surface area contributed by atoms with E-state index in [0.29, 0.717) is 12.0 Å². The lowest BCUT2D eigenvalue weighted by Gasteiger charge is -2.48. The summed E-state index contributed by atoms with van der Waals surface area (Å²) in [7, 11) is 2.22. The molecule has 2 aliphatic rings. The molecule has 1 aromatic rings. The van der Waals surface area contributed by atoms with Crippen molar-refractivity contribution in [2.24, 2.45) is 11.7 Å². The molecule has 2 heterocycles. The zero-order valence-corrected chi connectivity index (χ0v) is 10.6. The van der Waals surface area contributed by atoms with E-state index >= 15 is 0 Å². The van der Waals surface area contributed by atoms with E-state index < -0.39 is 0 Å². The molecule has 3 heteroatoms. The number of piperidine rings is 1. The van der Waals surface area contributed by atoms with Gasteiger partial charge >= 0.3 is 0 Å². The lowest BCUT2D eigenvalue weighted by Crippen LogP contribution is -2.55. The minimum atomic E-state index is 0.180. The third-order valence-electron chi connectivity index (χ3n) is 4.43. The van der Waals surface area contributed by atoms with Gasteiger partial charge in [0.1, 0.15) is 0 Å². The van der Waals surface area contributed by atoms with Gasteiger partial charge in [-0.2, -0.15) is 0 Å². The van der Waals surface area contributed by atoms with Gasteiger partial charge in [0.05, 0.1) is 0 Å². The van der Waals surface area contributed by atoms with Crippen LogP contribution in [-0.2, 0) is 0 Å². The minimum absolute atomic E-state index is 0.180. The largest absolute Gasteiger partial charge is 0.371 e. The molecule has 0 aliphatic carbocycles. The summed E-state index contributed by atoms with van der Waals surface area (Å²) in [6.45, 7) is 4.34. The Hall–Kier alpha value is -1.06. The molecule has 0 radical (unpaired) electrons. The van der Waals surface area contributed by atoms with Crippen LogP contribution >= 0.6 is 0 Å². The second-order valence-corrected chi connectivity index (χ2v) is 5.37. The molecule has 17 heavy (non-hydrogen) atoms. The molecule has 1 saturated heterocycles. The number of hydrogen-bond acceptors (Lipinski definition) is 3. The summed E-state index contributed by atoms with van der Waals surface area (Å²) >= 11 is 0. The van der Waals surface area contributed by atoms with E-state index in [1.807, 2.05) is 0 Å². The van der Waals surface area contributed by atoms with Crippen molar-refractivity contribution in [1.29, 1.82) is 0 Å². The maximum Gasteiger partial charge on any atom is 0.0444 e. The number of nitrogens with zero attached hydrogens (tertiary/aromatic N) is 1. The Kier molecular flexibility index (Phi) is 2.60. The van der Waals surface area contributed by atoms with Crippen LogP contribution in [-0.4, -0.2) is 26.2 Å². The first-order chi connectivity index (χ1) is 8.20. The van der Waals surface area contributed by atoms with Gasteiger partial charge in [-0.3, -0.25) is 0 Å². The number of para-hydroxylation sites is 1. The topological polar surface area (TPSA) is 41.3 Å². The van der Waals surface area contributed by atoms with E-state index in [1.165, 1.54) is 23.2 Å². The highest BCUT2D eigenvalue weighted by atomic mass is 15.2. The molecular weight excluding hydrogens is 210 g/mol. The molecule has 3 unspecified atom stereocenters. The fourth-order valence-electron chi connectivity index (χ4n) is 3.54. The first-order valence-corrected chi connectivity index (χ1v) is 6.49. The van der Waals surface area contributed by atoms with Crippen LogP contribution in [0.2, 0.25) is 0 Å². The predicted molar refractivity (Wildman–Crippen MR) is 71.3 cm³/mol.